The Labute approximate surface area is 243 Å². The number of esters is 1. The van der Waals surface area contributed by atoms with Gasteiger partial charge in [0.25, 0.3) is 5.91 Å². The molecule has 0 aliphatic carbocycles. The van der Waals surface area contributed by atoms with Crippen LogP contribution in [0, 0.1) is 18.7 Å². The van der Waals surface area contributed by atoms with Crippen LogP contribution in [-0.2, 0) is 16.0 Å². The highest BCUT2D eigenvalue weighted by Gasteiger charge is 2.26. The summed E-state index contributed by atoms with van der Waals surface area (Å²) in [6.45, 7) is 9.12. The van der Waals surface area contributed by atoms with Crippen LogP contribution in [0.1, 0.15) is 55.7 Å². The number of hydrogen-bond donors (Lipinski definition) is 3. The molecule has 4 rings (SSSR count). The molecule has 4 N–H and O–H groups in total. The number of benzene rings is 1. The predicted molar refractivity (Wildman–Crippen MR) is 157 cm³/mol. The minimum absolute atomic E-state index is 0.0367. The maximum Gasteiger partial charge on any atom is 0.306 e. The van der Waals surface area contributed by atoms with Crippen molar-refractivity contribution >= 4 is 29.2 Å². The maximum absolute atomic E-state index is 15.4. The Hall–Kier alpha value is -4.87. The standard InChI is InChI=1S/C30H35FN8O3/c1-18(13-26(40)42-30(3,4)5)24(14-20-9-7-6-8-10-20)37-29-23(31)16-22(27(32)41)28(38-29)36-21-15-25(19(2)33-17-21)39-34-11-12-35-39/h6-12,15-18,24H,13-14H2,1-5H3,(H2,32,41)(H2,36,37,38)/t18-,24-/m1/s1. The van der Waals surface area contributed by atoms with Gasteiger partial charge < -0.3 is 21.1 Å². The quantitative estimate of drug-likeness (QED) is 0.216. The van der Waals surface area contributed by atoms with E-state index in [2.05, 4.69) is 30.8 Å². The molecule has 1 amide bonds. The van der Waals surface area contributed by atoms with E-state index >= 15 is 4.39 Å². The number of amides is 1. The molecule has 0 aliphatic heterocycles. The largest absolute Gasteiger partial charge is 0.460 e. The normalized spacial score (nSPS) is 12.8. The number of primary amides is 1. The van der Waals surface area contributed by atoms with Crippen molar-refractivity contribution in [1.29, 1.82) is 0 Å². The molecule has 2 atom stereocenters. The van der Waals surface area contributed by atoms with Crippen molar-refractivity contribution in [2.24, 2.45) is 11.7 Å². The van der Waals surface area contributed by atoms with Crippen LogP contribution in [-0.4, -0.2) is 48.5 Å². The van der Waals surface area contributed by atoms with Gasteiger partial charge in [0.2, 0.25) is 0 Å². The van der Waals surface area contributed by atoms with Gasteiger partial charge in [0.15, 0.2) is 11.6 Å². The number of nitrogens with two attached hydrogens (primary N) is 1. The van der Waals surface area contributed by atoms with E-state index in [1.165, 1.54) is 4.80 Å². The van der Waals surface area contributed by atoms with Gasteiger partial charge in [-0.25, -0.2) is 9.37 Å². The monoisotopic (exact) mass is 574 g/mol. The van der Waals surface area contributed by atoms with Crippen molar-refractivity contribution in [2.75, 3.05) is 10.6 Å². The van der Waals surface area contributed by atoms with Crippen molar-refractivity contribution in [1.82, 2.24) is 25.0 Å². The molecule has 4 aromatic rings. The van der Waals surface area contributed by atoms with Crippen LogP contribution in [0.5, 0.6) is 0 Å². The van der Waals surface area contributed by atoms with Crippen LogP contribution in [0.3, 0.4) is 0 Å². The zero-order valence-corrected chi connectivity index (χ0v) is 24.3. The number of hydrogen-bond acceptors (Lipinski definition) is 9. The third kappa shape index (κ3) is 7.87. The Morgan fingerprint density at radius 1 is 1.10 bits per heavy atom. The molecular formula is C30H35FN8O3. The number of carbonyl (C=O) groups is 2. The Bertz CT molecular complexity index is 1540. The first-order chi connectivity index (χ1) is 19.9. The van der Waals surface area contributed by atoms with E-state index in [4.69, 9.17) is 10.5 Å². The highest BCUT2D eigenvalue weighted by molar-refractivity contribution is 5.98. The summed E-state index contributed by atoms with van der Waals surface area (Å²) in [6.07, 6.45) is 5.22. The molecule has 0 saturated carbocycles. The minimum atomic E-state index is -0.858. The zero-order valence-electron chi connectivity index (χ0n) is 24.3. The predicted octanol–water partition coefficient (Wildman–Crippen LogP) is 4.74. The van der Waals surface area contributed by atoms with Crippen LogP contribution in [0.25, 0.3) is 5.69 Å². The summed E-state index contributed by atoms with van der Waals surface area (Å²) >= 11 is 0. The van der Waals surface area contributed by atoms with Crippen LogP contribution < -0.4 is 16.4 Å². The van der Waals surface area contributed by atoms with E-state index in [0.717, 1.165) is 11.6 Å². The molecule has 12 heteroatoms. The Morgan fingerprint density at radius 3 is 2.43 bits per heavy atom. The van der Waals surface area contributed by atoms with E-state index in [1.807, 2.05) is 58.0 Å². The van der Waals surface area contributed by atoms with Gasteiger partial charge >= 0.3 is 5.97 Å². The molecule has 1 aromatic carbocycles. The van der Waals surface area contributed by atoms with E-state index in [-0.39, 0.29) is 35.5 Å². The second-order valence-corrected chi connectivity index (χ2v) is 11.1. The second kappa shape index (κ2) is 12.8. The average Bonchev–Trinajstić information content (AvgIpc) is 3.45. The molecule has 3 aromatic heterocycles. The van der Waals surface area contributed by atoms with E-state index in [1.54, 1.807) is 31.6 Å². The van der Waals surface area contributed by atoms with Crippen LogP contribution in [0.15, 0.2) is 61.1 Å². The van der Waals surface area contributed by atoms with Crippen LogP contribution >= 0.6 is 0 Å². The lowest BCUT2D eigenvalue weighted by molar-refractivity contribution is -0.155. The number of anilines is 3. The van der Waals surface area contributed by atoms with Gasteiger partial charge in [-0.1, -0.05) is 37.3 Å². The van der Waals surface area contributed by atoms with Crippen molar-refractivity contribution < 1.29 is 18.7 Å². The molecule has 0 fully saturated rings. The fraction of sp³-hybridized carbons (Fsp3) is 0.333. The number of ether oxygens (including phenoxy) is 1. The first-order valence-electron chi connectivity index (χ1n) is 13.5. The molecule has 3 heterocycles. The van der Waals surface area contributed by atoms with Gasteiger partial charge in [0.05, 0.1) is 42.0 Å². The minimum Gasteiger partial charge on any atom is -0.460 e. The molecule has 42 heavy (non-hydrogen) atoms. The van der Waals surface area contributed by atoms with E-state index < -0.39 is 23.4 Å². The summed E-state index contributed by atoms with van der Waals surface area (Å²) in [4.78, 5) is 35.1. The Morgan fingerprint density at radius 2 is 1.79 bits per heavy atom. The van der Waals surface area contributed by atoms with Gasteiger partial charge in [-0.15, -0.1) is 4.80 Å². The molecular weight excluding hydrogens is 539 g/mol. The number of aryl methyl sites for hydroxylation is 1. The number of nitrogens with zero attached hydrogens (tertiary/aromatic N) is 5. The molecule has 0 radical (unpaired) electrons. The average molecular weight is 575 g/mol. The van der Waals surface area contributed by atoms with Gasteiger partial charge in [-0.2, -0.15) is 10.2 Å². The van der Waals surface area contributed by atoms with Crippen molar-refractivity contribution in [3.8, 4) is 5.69 Å². The maximum atomic E-state index is 15.4. The smallest absolute Gasteiger partial charge is 0.306 e. The second-order valence-electron chi connectivity index (χ2n) is 11.1. The van der Waals surface area contributed by atoms with Crippen LogP contribution in [0.2, 0.25) is 0 Å². The number of carbonyl (C=O) groups excluding carboxylic acids is 2. The molecule has 11 nitrogen and oxygen atoms in total. The highest BCUT2D eigenvalue weighted by atomic mass is 19.1. The first kappa shape index (κ1) is 30.1. The third-order valence-corrected chi connectivity index (χ3v) is 6.41. The Kier molecular flexibility index (Phi) is 9.14. The summed E-state index contributed by atoms with van der Waals surface area (Å²) in [5, 5.41) is 14.5. The van der Waals surface area contributed by atoms with E-state index in [0.29, 0.717) is 23.5 Å². The zero-order chi connectivity index (χ0) is 30.4. The van der Waals surface area contributed by atoms with Crippen molar-refractivity contribution in [3.05, 3.63) is 83.7 Å². The first-order valence-corrected chi connectivity index (χ1v) is 13.5. The van der Waals surface area contributed by atoms with Crippen molar-refractivity contribution in [3.63, 3.8) is 0 Å². The van der Waals surface area contributed by atoms with Crippen molar-refractivity contribution in [2.45, 2.75) is 59.1 Å². The summed E-state index contributed by atoms with van der Waals surface area (Å²) in [6, 6.07) is 12.0. The molecule has 0 saturated heterocycles. The number of rotatable bonds is 11. The summed E-state index contributed by atoms with van der Waals surface area (Å²) < 4.78 is 20.9. The molecule has 220 valence electrons. The number of aromatic nitrogens is 5. The number of nitrogens with one attached hydrogen (secondary N) is 2. The molecule has 0 aliphatic rings. The third-order valence-electron chi connectivity index (χ3n) is 6.41. The molecule has 0 bridgehead atoms. The van der Waals surface area contributed by atoms with Gasteiger partial charge in [-0.3, -0.25) is 14.6 Å². The lowest BCUT2D eigenvalue weighted by atomic mass is 9.92. The summed E-state index contributed by atoms with van der Waals surface area (Å²) in [5.74, 6) is -2.31. The lowest BCUT2D eigenvalue weighted by Crippen LogP contribution is -2.34. The summed E-state index contributed by atoms with van der Waals surface area (Å²) in [5.41, 5.74) is 7.53. The highest BCUT2D eigenvalue weighted by Crippen LogP contribution is 2.27. The van der Waals surface area contributed by atoms with Gasteiger partial charge in [0.1, 0.15) is 17.1 Å². The molecule has 0 unspecified atom stereocenters. The number of pyridine rings is 2. The topological polar surface area (TPSA) is 150 Å². The lowest BCUT2D eigenvalue weighted by Gasteiger charge is -2.27. The number of halogens is 1. The molecule has 0 spiro atoms. The summed E-state index contributed by atoms with van der Waals surface area (Å²) in [7, 11) is 0. The van der Waals surface area contributed by atoms with E-state index in [9.17, 15) is 9.59 Å². The van der Waals surface area contributed by atoms with Gasteiger partial charge in [-0.05, 0) is 57.7 Å². The van der Waals surface area contributed by atoms with Crippen LogP contribution in [0.4, 0.5) is 21.7 Å². The Balaban J connectivity index is 1.66. The SMILES string of the molecule is Cc1ncc(Nc2nc(N[C@H](Cc3ccccc3)[C@H](C)CC(=O)OC(C)(C)C)c(F)cc2C(N)=O)cc1-n1nccn1. The fourth-order valence-corrected chi connectivity index (χ4v) is 4.37. The fourth-order valence-electron chi connectivity index (χ4n) is 4.37. The van der Waals surface area contributed by atoms with Gasteiger partial charge in [0, 0.05) is 6.04 Å².